The molecule has 4 heterocycles. The van der Waals surface area contributed by atoms with Gasteiger partial charge >= 0.3 is 0 Å². The number of Topliss-reactive ketones (excluding diaryl/α,β-unsaturated/α-hetero) is 3. The van der Waals surface area contributed by atoms with Crippen molar-refractivity contribution in [1.29, 1.82) is 0 Å². The molecule has 0 radical (unpaired) electrons. The second-order valence-corrected chi connectivity index (χ2v) is 25.3. The molecule has 0 spiro atoms. The van der Waals surface area contributed by atoms with Crippen molar-refractivity contribution in [3.8, 4) is 5.75 Å². The third kappa shape index (κ3) is 18.3. The Balaban J connectivity index is 1.42. The molecule has 1 saturated heterocycles. The lowest BCUT2D eigenvalue weighted by atomic mass is 9.85. The summed E-state index contributed by atoms with van der Waals surface area (Å²) in [5, 5.41) is 51.0. The van der Waals surface area contributed by atoms with Gasteiger partial charge in [-0.2, -0.15) is 0 Å². The minimum Gasteiger partial charge on any atom is -0.489 e. The predicted octanol–water partition coefficient (Wildman–Crippen LogP) is -0.309. The number of aliphatic hydroxyl groups is 3. The van der Waals surface area contributed by atoms with Crippen LogP contribution in [-0.2, 0) is 76.6 Å². The van der Waals surface area contributed by atoms with E-state index < -0.39 is 193 Å². The smallest absolute Gasteiger partial charge is 0.243 e. The molecule has 27 heteroatoms. The maximum atomic E-state index is 15.2. The average Bonchev–Trinajstić information content (AvgIpc) is 1.77. The van der Waals surface area contributed by atoms with Crippen LogP contribution in [0.2, 0.25) is 0 Å². The summed E-state index contributed by atoms with van der Waals surface area (Å²) in [6.07, 6.45) is -5.70. The lowest BCUT2D eigenvalue weighted by Gasteiger charge is -2.32. The van der Waals surface area contributed by atoms with Gasteiger partial charge in [-0.1, -0.05) is 73.9 Å². The number of nitrogens with zero attached hydrogens (tertiary/aromatic N) is 1. The van der Waals surface area contributed by atoms with Crippen molar-refractivity contribution < 1.29 is 77.0 Å². The maximum absolute atomic E-state index is 15.2. The Labute approximate surface area is 507 Å². The number of hydrogen-bond donors (Lipinski definition) is 12. The van der Waals surface area contributed by atoms with E-state index in [4.69, 9.17) is 10.5 Å². The third-order valence-corrected chi connectivity index (χ3v) is 17.7. The van der Waals surface area contributed by atoms with Crippen molar-refractivity contribution in [1.82, 2.24) is 41.8 Å². The maximum Gasteiger partial charge on any atom is 0.243 e. The molecule has 2 unspecified atom stereocenters. The van der Waals surface area contributed by atoms with Gasteiger partial charge in [0.05, 0.1) is 78.0 Å². The van der Waals surface area contributed by atoms with Gasteiger partial charge in [-0.3, -0.25) is 56.9 Å². The van der Waals surface area contributed by atoms with Gasteiger partial charge in [0.25, 0.3) is 0 Å². The Morgan fingerprint density at radius 3 is 2.13 bits per heavy atom. The average molecular weight is 1230 g/mol. The second kappa shape index (κ2) is 30.9. The second-order valence-electron chi connectivity index (χ2n) is 23.8. The molecule has 1 fully saturated rings. The van der Waals surface area contributed by atoms with Gasteiger partial charge in [0.15, 0.2) is 17.3 Å². The largest absolute Gasteiger partial charge is 0.489 e. The molecule has 13 atom stereocenters. The first-order valence-electron chi connectivity index (χ1n) is 29.5. The number of anilines is 1. The molecule has 26 nitrogen and oxygen atoms in total. The van der Waals surface area contributed by atoms with E-state index in [0.29, 0.717) is 23.1 Å². The zero-order valence-corrected chi connectivity index (χ0v) is 51.2. The van der Waals surface area contributed by atoms with Crippen molar-refractivity contribution in [2.24, 2.45) is 41.2 Å². The van der Waals surface area contributed by atoms with Crippen LogP contribution >= 0.6 is 0 Å². The van der Waals surface area contributed by atoms with Crippen LogP contribution < -0.4 is 47.7 Å². The number of nitrogens with one attached hydrogen (secondary N) is 8. The summed E-state index contributed by atoms with van der Waals surface area (Å²) in [5.74, 6) is -14.6. The molecule has 3 aromatic rings. The quantitative estimate of drug-likeness (QED) is 0.0777. The van der Waals surface area contributed by atoms with E-state index in [0.717, 1.165) is 4.90 Å². The summed E-state index contributed by atoms with van der Waals surface area (Å²) in [6, 6.07) is 5.09. The first kappa shape index (κ1) is 68.7. The summed E-state index contributed by atoms with van der Waals surface area (Å²) in [5.41, 5.74) is 7.24. The van der Waals surface area contributed by atoms with Crippen molar-refractivity contribution >= 4 is 92.0 Å². The standard InChI is InChI=1S/C60H84N10O16S/c1-9-31(6)53-58(83)63-23-50(78)66-43-28-87(85)59-41(40-15-14-39(22-42(40)67-59)86-27-34-10-12-37(13-11-34)65-55(80)32(7)16-46(74)52(29(2)3)64-30(4)5)17-35(56(81)62-24-51(79)68-53)18-47(75)54(33(8)48(76)26-71)69-57(82)44-21-38(72)25-70(44)60(84)36(19-45(43)73)20-49(61)77/h10-15,22,29-33,35-36,38,43-44,48,52-54,64,67,71-72,76H,9,16-21,23-28H2,1-8H3,(H2,61,77)(H,62,81)(H,63,83)(H,65,80)(H,66,78)(H,68,79)(H,69,82)/t31-,32+,33-,35+,36-,38?,43?,44-,48-,52-,53-,54-,87+/m0/s1. The number of aromatic nitrogens is 1. The molecule has 0 aliphatic carbocycles. The highest BCUT2D eigenvalue weighted by Crippen LogP contribution is 2.33. The fourth-order valence-corrected chi connectivity index (χ4v) is 12.4. The highest BCUT2D eigenvalue weighted by atomic mass is 32.2. The zero-order valence-electron chi connectivity index (χ0n) is 50.4. The number of ether oxygens (including phenoxy) is 1. The number of rotatable bonds is 18. The van der Waals surface area contributed by atoms with Crippen LogP contribution in [0.5, 0.6) is 5.75 Å². The molecule has 3 aliphatic heterocycles. The van der Waals surface area contributed by atoms with E-state index in [1.165, 1.54) is 6.92 Å². The molecule has 2 bridgehead atoms. The van der Waals surface area contributed by atoms with E-state index in [1.807, 2.05) is 27.7 Å². The van der Waals surface area contributed by atoms with Gasteiger partial charge in [-0.05, 0) is 53.6 Å². The van der Waals surface area contributed by atoms with Crippen LogP contribution in [0, 0.1) is 35.5 Å². The number of nitrogens with two attached hydrogens (primary N) is 1. The summed E-state index contributed by atoms with van der Waals surface area (Å²) in [7, 11) is -2.38. The zero-order chi connectivity index (χ0) is 64.1. The van der Waals surface area contributed by atoms with Crippen LogP contribution in [0.25, 0.3) is 10.9 Å². The molecule has 0 saturated carbocycles. The number of primary amides is 1. The number of hydrogen-bond acceptors (Lipinski definition) is 17. The van der Waals surface area contributed by atoms with E-state index in [1.54, 1.807) is 63.2 Å². The summed E-state index contributed by atoms with van der Waals surface area (Å²) in [4.78, 5) is 157. The van der Waals surface area contributed by atoms with Gasteiger partial charge in [0, 0.05) is 79.6 Å². The molecule has 6 rings (SSSR count). The number of carbonyl (C=O) groups excluding carboxylic acids is 11. The molecule has 476 valence electrons. The minimum absolute atomic E-state index is 0.00978. The van der Waals surface area contributed by atoms with Gasteiger partial charge in [-0.15, -0.1) is 0 Å². The van der Waals surface area contributed by atoms with E-state index in [2.05, 4.69) is 42.2 Å². The van der Waals surface area contributed by atoms with Crippen molar-refractivity contribution in [2.45, 2.75) is 160 Å². The van der Waals surface area contributed by atoms with Gasteiger partial charge in [0.2, 0.25) is 47.3 Å². The monoisotopic (exact) mass is 1230 g/mol. The molecule has 2 aromatic carbocycles. The van der Waals surface area contributed by atoms with Crippen LogP contribution in [0.15, 0.2) is 47.5 Å². The van der Waals surface area contributed by atoms with Crippen molar-refractivity contribution in [3.05, 3.63) is 53.6 Å². The normalized spacial score (nSPS) is 25.0. The number of fused-ring (bicyclic) bond motifs is 5. The summed E-state index contributed by atoms with van der Waals surface area (Å²) < 4.78 is 21.4. The van der Waals surface area contributed by atoms with E-state index in [-0.39, 0.29) is 65.0 Å². The first-order chi connectivity index (χ1) is 41.1. The Morgan fingerprint density at radius 1 is 0.828 bits per heavy atom. The van der Waals surface area contributed by atoms with E-state index >= 15 is 4.21 Å². The lowest BCUT2D eigenvalue weighted by Crippen LogP contribution is -2.56. The summed E-state index contributed by atoms with van der Waals surface area (Å²) in [6.45, 7) is 11.4. The molecule has 3 aliphatic rings. The van der Waals surface area contributed by atoms with E-state index in [9.17, 15) is 68.1 Å². The number of benzene rings is 2. The minimum atomic E-state index is -2.38. The SMILES string of the molecule is CC[C@H](C)[C@@H]1NC(=O)CNC(=O)[C@H]2CC(=O)[C@H]([C@@H](C)[C@@H](O)CO)NC(=O)[C@@H]3CC(O)CN3C(=O)[C@H](CC(N)=O)CC(=O)C(C[S@@](=O)c3[nH]c4cc(OCc5ccc(NC(=O)[C@H](C)CC(=O)[C@@H](NC(C)C)C(C)C)cc5)ccc4c3C2)NC(=O)CNC1=O. The van der Waals surface area contributed by atoms with Gasteiger partial charge in [0.1, 0.15) is 29.5 Å². The van der Waals surface area contributed by atoms with Crippen LogP contribution in [0.1, 0.15) is 105 Å². The molecule has 13 N–H and O–H groups in total. The Kier molecular flexibility index (Phi) is 24.4. The van der Waals surface area contributed by atoms with Crippen molar-refractivity contribution in [2.75, 3.05) is 37.3 Å². The Hall–Kier alpha value is -7.46. The Morgan fingerprint density at radius 2 is 1.49 bits per heavy atom. The first-order valence-corrected chi connectivity index (χ1v) is 30.8. The third-order valence-electron chi connectivity index (χ3n) is 16.2. The fourth-order valence-electron chi connectivity index (χ4n) is 11.0. The van der Waals surface area contributed by atoms with Crippen LogP contribution in [-0.4, -0.2) is 174 Å². The number of H-pyrrole nitrogens is 1. The van der Waals surface area contributed by atoms with Gasteiger partial charge < -0.3 is 72.9 Å². The number of aromatic amines is 1. The summed E-state index contributed by atoms with van der Waals surface area (Å²) >= 11 is 0. The number of amides is 8. The fraction of sp³-hybridized carbons (Fsp3) is 0.583. The Bertz CT molecular complexity index is 3080. The number of ketones is 3. The predicted molar refractivity (Wildman–Crippen MR) is 318 cm³/mol. The highest BCUT2D eigenvalue weighted by Gasteiger charge is 2.45. The highest BCUT2D eigenvalue weighted by molar-refractivity contribution is 7.85. The molecule has 1 aromatic heterocycles. The molecular formula is C60H84N10O16S. The molecule has 87 heavy (non-hydrogen) atoms. The molecule has 8 amide bonds. The number of carbonyl (C=O) groups is 11. The molecular weight excluding hydrogens is 1150 g/mol. The number of aliphatic hydroxyl groups excluding tert-OH is 3. The topological polar surface area (TPSA) is 404 Å². The van der Waals surface area contributed by atoms with Gasteiger partial charge in [-0.25, -0.2) is 0 Å². The van der Waals surface area contributed by atoms with Crippen molar-refractivity contribution in [3.63, 3.8) is 0 Å². The lowest BCUT2D eigenvalue weighted by molar-refractivity contribution is -0.145. The van der Waals surface area contributed by atoms with Crippen LogP contribution in [0.3, 0.4) is 0 Å². The van der Waals surface area contributed by atoms with Crippen LogP contribution in [0.4, 0.5) is 5.69 Å².